The average Bonchev–Trinajstić information content (AvgIpc) is 2.54. The summed E-state index contributed by atoms with van der Waals surface area (Å²) in [7, 11) is 0. The zero-order valence-corrected chi connectivity index (χ0v) is 14.3. The Kier molecular flexibility index (Phi) is 5.91. The van der Waals surface area contributed by atoms with E-state index >= 15 is 0 Å². The minimum atomic E-state index is 0. The minimum Gasteiger partial charge on any atom is -1.00 e. The molecule has 0 aliphatic heterocycles. The van der Waals surface area contributed by atoms with Gasteiger partial charge in [0.05, 0.1) is 0 Å². The molecule has 1 nitrogen and oxygen atoms in total. The fourth-order valence-corrected chi connectivity index (χ4v) is 2.57. The van der Waals surface area contributed by atoms with Crippen LogP contribution < -0.4 is 21.5 Å². The highest BCUT2D eigenvalue weighted by molar-refractivity contribution is 5.92. The molecule has 112 valence electrons. The molecule has 0 amide bonds. The molecule has 0 atom stereocenters. The second-order valence-electron chi connectivity index (χ2n) is 5.27. The van der Waals surface area contributed by atoms with E-state index in [1.807, 2.05) is 0 Å². The number of hydrogen-bond donors (Lipinski definition) is 0. The van der Waals surface area contributed by atoms with Crippen molar-refractivity contribution in [3.63, 3.8) is 0 Å². The molecule has 0 saturated carbocycles. The molecule has 3 aromatic rings. The third-order valence-corrected chi connectivity index (χ3v) is 3.68. The SMILES string of the molecule is CCC[n+]1ccc(/C=C/c2cccc3ccccc23)cc1.[Br-]. The monoisotopic (exact) mass is 353 g/mol. The summed E-state index contributed by atoms with van der Waals surface area (Å²) in [5.74, 6) is 0. The van der Waals surface area contributed by atoms with Gasteiger partial charge in [-0.1, -0.05) is 61.5 Å². The van der Waals surface area contributed by atoms with Crippen LogP contribution in [-0.4, -0.2) is 0 Å². The lowest BCUT2D eigenvalue weighted by Gasteiger charge is -2.01. The molecule has 0 aliphatic carbocycles. The van der Waals surface area contributed by atoms with Gasteiger partial charge >= 0.3 is 0 Å². The van der Waals surface area contributed by atoms with E-state index in [-0.39, 0.29) is 17.0 Å². The van der Waals surface area contributed by atoms with Gasteiger partial charge in [0, 0.05) is 18.6 Å². The lowest BCUT2D eigenvalue weighted by atomic mass is 10.0. The summed E-state index contributed by atoms with van der Waals surface area (Å²) >= 11 is 0. The molecule has 1 heterocycles. The molecule has 0 spiro atoms. The van der Waals surface area contributed by atoms with Crippen LogP contribution >= 0.6 is 0 Å². The Morgan fingerprint density at radius 2 is 1.59 bits per heavy atom. The van der Waals surface area contributed by atoms with E-state index in [1.165, 1.54) is 21.9 Å². The molecule has 22 heavy (non-hydrogen) atoms. The highest BCUT2D eigenvalue weighted by atomic mass is 79.9. The van der Waals surface area contributed by atoms with Crippen molar-refractivity contribution < 1.29 is 21.5 Å². The van der Waals surface area contributed by atoms with E-state index in [0.717, 1.165) is 13.0 Å². The predicted molar refractivity (Wildman–Crippen MR) is 89.8 cm³/mol. The highest BCUT2D eigenvalue weighted by Gasteiger charge is 1.98. The average molecular weight is 354 g/mol. The van der Waals surface area contributed by atoms with Crippen LogP contribution in [0.25, 0.3) is 22.9 Å². The number of halogens is 1. The first-order chi connectivity index (χ1) is 10.4. The summed E-state index contributed by atoms with van der Waals surface area (Å²) in [4.78, 5) is 0. The van der Waals surface area contributed by atoms with Gasteiger partial charge in [0.2, 0.25) is 0 Å². The Balaban J connectivity index is 0.00000176. The van der Waals surface area contributed by atoms with Gasteiger partial charge in [-0.05, 0) is 21.9 Å². The standard InChI is InChI=1S/C20H20N.BrH/c1-2-14-21-15-12-17(13-16-21)10-11-19-8-5-7-18-6-3-4-9-20(18)19;/h3-13,15-16H,2,14H2,1H3;1H/q+1;/p-1/b11-10+;. The maximum absolute atomic E-state index is 2.22. The highest BCUT2D eigenvalue weighted by Crippen LogP contribution is 2.20. The number of fused-ring (bicyclic) bond motifs is 1. The third-order valence-electron chi connectivity index (χ3n) is 3.68. The van der Waals surface area contributed by atoms with Gasteiger partial charge in [-0.25, -0.2) is 4.57 Å². The molecule has 2 heteroatoms. The van der Waals surface area contributed by atoms with Crippen LogP contribution in [0.3, 0.4) is 0 Å². The lowest BCUT2D eigenvalue weighted by Crippen LogP contribution is -3.00. The van der Waals surface area contributed by atoms with Gasteiger partial charge in [0.25, 0.3) is 0 Å². The Bertz CT molecular complexity index is 755. The Labute approximate surface area is 142 Å². The van der Waals surface area contributed by atoms with Gasteiger partial charge in [-0.2, -0.15) is 0 Å². The number of aromatic nitrogens is 1. The fourth-order valence-electron chi connectivity index (χ4n) is 2.57. The topological polar surface area (TPSA) is 3.88 Å². The van der Waals surface area contributed by atoms with E-state index in [0.29, 0.717) is 0 Å². The molecule has 1 aromatic heterocycles. The predicted octanol–water partition coefficient (Wildman–Crippen LogP) is 1.71. The molecule has 0 N–H and O–H groups in total. The largest absolute Gasteiger partial charge is 1.00 e. The molecule has 2 aromatic carbocycles. The maximum atomic E-state index is 2.22. The normalized spacial score (nSPS) is 10.8. The number of hydrogen-bond acceptors (Lipinski definition) is 0. The fraction of sp³-hybridized carbons (Fsp3) is 0.150. The van der Waals surface area contributed by atoms with Crippen molar-refractivity contribution in [1.29, 1.82) is 0 Å². The molecule has 0 bridgehead atoms. The van der Waals surface area contributed by atoms with Gasteiger partial charge in [-0.15, -0.1) is 0 Å². The van der Waals surface area contributed by atoms with Crippen molar-refractivity contribution in [3.05, 3.63) is 78.1 Å². The smallest absolute Gasteiger partial charge is 0.169 e. The molecule has 0 aliphatic rings. The molecular formula is C20H20BrN. The molecule has 0 unspecified atom stereocenters. The minimum absolute atomic E-state index is 0. The van der Waals surface area contributed by atoms with E-state index < -0.39 is 0 Å². The first kappa shape index (κ1) is 16.4. The van der Waals surface area contributed by atoms with Crippen molar-refractivity contribution in [2.45, 2.75) is 19.9 Å². The van der Waals surface area contributed by atoms with Crippen molar-refractivity contribution in [3.8, 4) is 0 Å². The molecule has 3 rings (SSSR count). The molecular weight excluding hydrogens is 334 g/mol. The summed E-state index contributed by atoms with van der Waals surface area (Å²) in [6.07, 6.45) is 9.83. The van der Waals surface area contributed by atoms with Crippen LogP contribution in [0.5, 0.6) is 0 Å². The first-order valence-electron chi connectivity index (χ1n) is 7.52. The van der Waals surface area contributed by atoms with E-state index in [4.69, 9.17) is 0 Å². The Morgan fingerprint density at radius 3 is 2.36 bits per heavy atom. The van der Waals surface area contributed by atoms with Crippen LogP contribution in [0.15, 0.2) is 67.0 Å². The zero-order valence-electron chi connectivity index (χ0n) is 12.7. The number of aryl methyl sites for hydroxylation is 1. The van der Waals surface area contributed by atoms with Crippen LogP contribution in [0.2, 0.25) is 0 Å². The van der Waals surface area contributed by atoms with E-state index in [1.54, 1.807) is 0 Å². The van der Waals surface area contributed by atoms with Crippen molar-refractivity contribution in [2.24, 2.45) is 0 Å². The van der Waals surface area contributed by atoms with Crippen LogP contribution in [0.1, 0.15) is 24.5 Å². The van der Waals surface area contributed by atoms with Crippen molar-refractivity contribution >= 4 is 22.9 Å². The molecule has 0 saturated heterocycles. The van der Waals surface area contributed by atoms with Gasteiger partial charge < -0.3 is 17.0 Å². The van der Waals surface area contributed by atoms with E-state index in [9.17, 15) is 0 Å². The Hall–Kier alpha value is -1.93. The number of nitrogens with zero attached hydrogens (tertiary/aromatic N) is 1. The van der Waals surface area contributed by atoms with Crippen LogP contribution in [-0.2, 0) is 6.54 Å². The summed E-state index contributed by atoms with van der Waals surface area (Å²) < 4.78 is 2.22. The summed E-state index contributed by atoms with van der Waals surface area (Å²) in [5, 5.41) is 2.58. The van der Waals surface area contributed by atoms with Gasteiger partial charge in [0.1, 0.15) is 6.54 Å². The molecule has 0 fully saturated rings. The van der Waals surface area contributed by atoms with Crippen LogP contribution in [0.4, 0.5) is 0 Å². The zero-order chi connectivity index (χ0) is 14.5. The summed E-state index contributed by atoms with van der Waals surface area (Å²) in [6, 6.07) is 19.3. The second-order valence-corrected chi connectivity index (χ2v) is 5.27. The first-order valence-corrected chi connectivity index (χ1v) is 7.52. The number of benzene rings is 2. The van der Waals surface area contributed by atoms with Crippen LogP contribution in [0, 0.1) is 0 Å². The summed E-state index contributed by atoms with van der Waals surface area (Å²) in [6.45, 7) is 3.27. The van der Waals surface area contributed by atoms with E-state index in [2.05, 4.69) is 90.6 Å². The molecule has 0 radical (unpaired) electrons. The van der Waals surface area contributed by atoms with Crippen molar-refractivity contribution in [1.82, 2.24) is 0 Å². The number of pyridine rings is 1. The Morgan fingerprint density at radius 1 is 0.864 bits per heavy atom. The van der Waals surface area contributed by atoms with Gasteiger partial charge in [-0.3, -0.25) is 0 Å². The second kappa shape index (κ2) is 7.90. The van der Waals surface area contributed by atoms with Gasteiger partial charge in [0.15, 0.2) is 12.4 Å². The maximum Gasteiger partial charge on any atom is 0.169 e. The quantitative estimate of drug-likeness (QED) is 0.628. The number of rotatable bonds is 4. The lowest BCUT2D eigenvalue weighted by molar-refractivity contribution is -0.697. The summed E-state index contributed by atoms with van der Waals surface area (Å²) in [5.41, 5.74) is 2.49. The third kappa shape index (κ3) is 3.83. The van der Waals surface area contributed by atoms with Crippen molar-refractivity contribution in [2.75, 3.05) is 0 Å².